The molecule has 0 aliphatic carbocycles. The van der Waals surface area contributed by atoms with Crippen molar-refractivity contribution in [1.82, 2.24) is 19.2 Å². The number of halogens is 1. The first kappa shape index (κ1) is 17.5. The van der Waals surface area contributed by atoms with Crippen LogP contribution in [-0.4, -0.2) is 26.3 Å². The van der Waals surface area contributed by atoms with Gasteiger partial charge in [-0.3, -0.25) is 9.47 Å². The van der Waals surface area contributed by atoms with Crippen molar-refractivity contribution in [2.45, 2.75) is 26.7 Å². The monoisotopic (exact) mass is 356 g/mol. The zero-order chi connectivity index (χ0) is 17.8. The maximum absolute atomic E-state index is 13.3. The van der Waals surface area contributed by atoms with Crippen LogP contribution in [0.2, 0.25) is 0 Å². The molecule has 0 unspecified atom stereocenters. The minimum atomic E-state index is -0.217. The Morgan fingerprint density at radius 3 is 2.52 bits per heavy atom. The molecule has 0 atom stereocenters. The zero-order valence-electron chi connectivity index (χ0n) is 14.4. The summed E-state index contributed by atoms with van der Waals surface area (Å²) in [5.41, 5.74) is 2.11. The first-order valence-corrected chi connectivity index (χ1v) is 8.55. The number of aromatic nitrogens is 3. The topological polar surface area (TPSA) is 26.0 Å². The maximum atomic E-state index is 13.3. The molecule has 0 saturated heterocycles. The first-order valence-electron chi connectivity index (χ1n) is 8.14. The van der Waals surface area contributed by atoms with Crippen LogP contribution in [0.25, 0.3) is 0 Å². The van der Waals surface area contributed by atoms with Crippen LogP contribution in [0, 0.1) is 17.5 Å². The van der Waals surface area contributed by atoms with E-state index in [0.29, 0.717) is 24.5 Å². The van der Waals surface area contributed by atoms with Gasteiger partial charge in [0.15, 0.2) is 4.77 Å². The maximum Gasteiger partial charge on any atom is 0.199 e. The second kappa shape index (κ2) is 7.72. The Morgan fingerprint density at radius 1 is 1.08 bits per heavy atom. The van der Waals surface area contributed by atoms with E-state index in [4.69, 9.17) is 12.2 Å². The standard InChI is InChI=1S/C19H21FN4S/c1-15-21-24(14-22(2)12-17-9-6-10-18(20)11-17)19(25)23(15)13-16-7-4-3-5-8-16/h3-11H,12-14H2,1-2H3. The number of aryl methyl sites for hydroxylation is 1. The second-order valence-electron chi connectivity index (χ2n) is 6.19. The molecule has 0 N–H and O–H groups in total. The van der Waals surface area contributed by atoms with E-state index in [2.05, 4.69) is 22.1 Å². The van der Waals surface area contributed by atoms with Crippen LogP contribution < -0.4 is 0 Å². The highest BCUT2D eigenvalue weighted by molar-refractivity contribution is 7.71. The number of rotatable bonds is 6. The van der Waals surface area contributed by atoms with Crippen LogP contribution in [0.1, 0.15) is 17.0 Å². The highest BCUT2D eigenvalue weighted by Crippen LogP contribution is 2.10. The van der Waals surface area contributed by atoms with Gasteiger partial charge in [0.2, 0.25) is 0 Å². The molecule has 0 saturated carbocycles. The van der Waals surface area contributed by atoms with Crippen molar-refractivity contribution in [3.8, 4) is 0 Å². The van der Waals surface area contributed by atoms with Gasteiger partial charge in [-0.15, -0.1) is 0 Å². The second-order valence-corrected chi connectivity index (χ2v) is 6.55. The fraction of sp³-hybridized carbons (Fsp3) is 0.263. The Balaban J connectivity index is 1.73. The van der Waals surface area contributed by atoms with Crippen LogP contribution in [-0.2, 0) is 19.8 Å². The van der Waals surface area contributed by atoms with Gasteiger partial charge in [-0.05, 0) is 49.4 Å². The fourth-order valence-electron chi connectivity index (χ4n) is 2.82. The average molecular weight is 356 g/mol. The van der Waals surface area contributed by atoms with Gasteiger partial charge < -0.3 is 0 Å². The Hall–Kier alpha value is -2.31. The van der Waals surface area contributed by atoms with Gasteiger partial charge in [-0.1, -0.05) is 42.5 Å². The number of nitrogens with zero attached hydrogens (tertiary/aromatic N) is 4. The molecule has 3 rings (SSSR count). The van der Waals surface area contributed by atoms with Crippen LogP contribution in [0.3, 0.4) is 0 Å². The van der Waals surface area contributed by atoms with Crippen LogP contribution in [0.4, 0.5) is 4.39 Å². The van der Waals surface area contributed by atoms with E-state index in [9.17, 15) is 4.39 Å². The molecule has 0 spiro atoms. The SMILES string of the molecule is Cc1nn(CN(C)Cc2cccc(F)c2)c(=S)n1Cc1ccccc1. The number of hydrogen-bond acceptors (Lipinski definition) is 3. The van der Waals surface area contributed by atoms with Gasteiger partial charge in [-0.2, -0.15) is 5.10 Å². The molecular formula is C19H21FN4S. The quantitative estimate of drug-likeness (QED) is 0.625. The molecule has 130 valence electrons. The Labute approximate surface area is 152 Å². The summed E-state index contributed by atoms with van der Waals surface area (Å²) in [6.07, 6.45) is 0. The normalized spacial score (nSPS) is 11.2. The summed E-state index contributed by atoms with van der Waals surface area (Å²) in [7, 11) is 1.97. The molecule has 0 aliphatic rings. The summed E-state index contributed by atoms with van der Waals surface area (Å²) >= 11 is 5.59. The van der Waals surface area contributed by atoms with Crippen molar-refractivity contribution < 1.29 is 4.39 Å². The lowest BCUT2D eigenvalue weighted by Gasteiger charge is -2.16. The molecule has 3 aromatic rings. The summed E-state index contributed by atoms with van der Waals surface area (Å²) in [6.45, 7) is 3.85. The molecule has 0 amide bonds. The number of hydrogen-bond donors (Lipinski definition) is 0. The highest BCUT2D eigenvalue weighted by atomic mass is 32.1. The molecule has 1 heterocycles. The highest BCUT2D eigenvalue weighted by Gasteiger charge is 2.10. The van der Waals surface area contributed by atoms with E-state index < -0.39 is 0 Å². The predicted molar refractivity (Wildman–Crippen MR) is 99.2 cm³/mol. The van der Waals surface area contributed by atoms with Crippen LogP contribution in [0.15, 0.2) is 54.6 Å². The van der Waals surface area contributed by atoms with Gasteiger partial charge in [0.25, 0.3) is 0 Å². The lowest BCUT2D eigenvalue weighted by Crippen LogP contribution is -2.22. The molecule has 0 bridgehead atoms. The molecule has 6 heteroatoms. The van der Waals surface area contributed by atoms with E-state index in [0.717, 1.165) is 11.4 Å². The third-order valence-electron chi connectivity index (χ3n) is 4.01. The van der Waals surface area contributed by atoms with E-state index in [1.165, 1.54) is 11.6 Å². The van der Waals surface area contributed by atoms with Gasteiger partial charge in [0.05, 0.1) is 13.2 Å². The van der Waals surface area contributed by atoms with Crippen molar-refractivity contribution in [2.75, 3.05) is 7.05 Å². The van der Waals surface area contributed by atoms with Crippen molar-refractivity contribution in [1.29, 1.82) is 0 Å². The molecule has 0 radical (unpaired) electrons. The summed E-state index contributed by atoms with van der Waals surface area (Å²) in [4.78, 5) is 2.06. The van der Waals surface area contributed by atoms with Crippen molar-refractivity contribution in [3.63, 3.8) is 0 Å². The lowest BCUT2D eigenvalue weighted by molar-refractivity contribution is 0.243. The van der Waals surface area contributed by atoms with Gasteiger partial charge >= 0.3 is 0 Å². The fourth-order valence-corrected chi connectivity index (χ4v) is 3.11. The van der Waals surface area contributed by atoms with Gasteiger partial charge in [0, 0.05) is 6.54 Å². The Bertz CT molecular complexity index is 901. The van der Waals surface area contributed by atoms with Crippen LogP contribution >= 0.6 is 12.2 Å². The first-order chi connectivity index (χ1) is 12.0. The van der Waals surface area contributed by atoms with E-state index in [1.807, 2.05) is 47.5 Å². The summed E-state index contributed by atoms with van der Waals surface area (Å²) in [5.74, 6) is 0.665. The molecule has 0 aliphatic heterocycles. The van der Waals surface area contributed by atoms with E-state index in [1.54, 1.807) is 12.1 Å². The summed E-state index contributed by atoms with van der Waals surface area (Å²) < 4.78 is 17.8. The molecular weight excluding hydrogens is 335 g/mol. The molecule has 1 aromatic heterocycles. The van der Waals surface area contributed by atoms with Gasteiger partial charge in [-0.25, -0.2) is 9.07 Å². The molecule has 0 fully saturated rings. The minimum absolute atomic E-state index is 0.217. The average Bonchev–Trinajstić information content (AvgIpc) is 2.83. The van der Waals surface area contributed by atoms with E-state index in [-0.39, 0.29) is 5.82 Å². The summed E-state index contributed by atoms with van der Waals surface area (Å²) in [6, 6.07) is 16.8. The lowest BCUT2D eigenvalue weighted by atomic mass is 10.2. The molecule has 4 nitrogen and oxygen atoms in total. The smallest absolute Gasteiger partial charge is 0.199 e. The van der Waals surface area contributed by atoms with Gasteiger partial charge in [0.1, 0.15) is 11.6 Å². The predicted octanol–water partition coefficient (Wildman–Crippen LogP) is 4.00. The number of benzene rings is 2. The third kappa shape index (κ3) is 4.41. The van der Waals surface area contributed by atoms with E-state index >= 15 is 0 Å². The van der Waals surface area contributed by atoms with Crippen molar-refractivity contribution >= 4 is 12.2 Å². The Morgan fingerprint density at radius 2 is 1.80 bits per heavy atom. The zero-order valence-corrected chi connectivity index (χ0v) is 15.2. The molecule has 25 heavy (non-hydrogen) atoms. The minimum Gasteiger partial charge on any atom is -0.300 e. The third-order valence-corrected chi connectivity index (χ3v) is 4.44. The Kier molecular flexibility index (Phi) is 5.40. The largest absolute Gasteiger partial charge is 0.300 e. The summed E-state index contributed by atoms with van der Waals surface area (Å²) in [5, 5.41) is 4.57. The van der Waals surface area contributed by atoms with Crippen molar-refractivity contribution in [3.05, 3.63) is 82.1 Å². The molecule has 2 aromatic carbocycles. The van der Waals surface area contributed by atoms with Crippen LogP contribution in [0.5, 0.6) is 0 Å². The van der Waals surface area contributed by atoms with Crippen molar-refractivity contribution in [2.24, 2.45) is 0 Å².